The zero-order valence-electron chi connectivity index (χ0n) is 18.0. The average Bonchev–Trinajstić information content (AvgIpc) is 2.80. The maximum Gasteiger partial charge on any atom is 0.275 e. The molecule has 1 aliphatic heterocycles. The van der Waals surface area contributed by atoms with E-state index in [1.54, 1.807) is 44.2 Å². The number of hydrogen-bond donors (Lipinski definition) is 1. The zero-order chi connectivity index (χ0) is 22.7. The van der Waals surface area contributed by atoms with Gasteiger partial charge in [-0.2, -0.15) is 5.10 Å². The molecule has 0 fully saturated rings. The summed E-state index contributed by atoms with van der Waals surface area (Å²) >= 11 is 0. The number of carbonyl (C=O) groups is 2. The molecule has 2 amide bonds. The Bertz CT molecular complexity index is 1240. The Labute approximate surface area is 184 Å². The number of fused-ring (bicyclic) bond motifs is 2. The molecule has 3 aromatic rings. The van der Waals surface area contributed by atoms with Crippen LogP contribution >= 0.6 is 0 Å². The lowest BCUT2D eigenvalue weighted by atomic mass is 10.1. The van der Waals surface area contributed by atoms with E-state index in [-0.39, 0.29) is 30.5 Å². The monoisotopic (exact) mass is 436 g/mol. The van der Waals surface area contributed by atoms with Gasteiger partial charge in [-0.1, -0.05) is 18.2 Å². The van der Waals surface area contributed by atoms with E-state index in [1.165, 1.54) is 4.90 Å². The number of ether oxygens (including phenoxy) is 2. The smallest absolute Gasteiger partial charge is 0.275 e. The van der Waals surface area contributed by atoms with Gasteiger partial charge in [-0.05, 0) is 32.0 Å². The summed E-state index contributed by atoms with van der Waals surface area (Å²) < 4.78 is 12.2. The summed E-state index contributed by atoms with van der Waals surface area (Å²) in [6.45, 7) is 4.43. The summed E-state index contributed by atoms with van der Waals surface area (Å²) in [5, 5.41) is 8.31. The third-order valence-corrected chi connectivity index (χ3v) is 5.23. The summed E-state index contributed by atoms with van der Waals surface area (Å²) in [7, 11) is 0. The normalized spacial score (nSPS) is 12.4. The van der Waals surface area contributed by atoms with Crippen molar-refractivity contribution < 1.29 is 19.1 Å². The molecule has 1 N–H and O–H groups in total. The summed E-state index contributed by atoms with van der Waals surface area (Å²) in [6, 6.07) is 12.3. The highest BCUT2D eigenvalue weighted by molar-refractivity contribution is 5.94. The zero-order valence-corrected chi connectivity index (χ0v) is 18.0. The predicted molar refractivity (Wildman–Crippen MR) is 119 cm³/mol. The standard InChI is InChI=1S/C23H24N4O5/c1-3-26(13-21(28)24-16-8-9-19-20(12-16)32-11-10-31-19)22(29)14-27-23(30)18-7-5-4-6-17(18)15(2)25-27/h4-9,12H,3,10-11,13-14H2,1-2H3,(H,24,28). The number of benzene rings is 2. The highest BCUT2D eigenvalue weighted by atomic mass is 16.6. The van der Waals surface area contributed by atoms with Crippen LogP contribution in [0.25, 0.3) is 10.8 Å². The number of aryl methyl sites for hydroxylation is 1. The number of rotatable bonds is 6. The molecule has 9 heteroatoms. The number of anilines is 1. The van der Waals surface area contributed by atoms with Crippen molar-refractivity contribution in [3.8, 4) is 11.5 Å². The minimum Gasteiger partial charge on any atom is -0.486 e. The first-order valence-corrected chi connectivity index (χ1v) is 10.4. The van der Waals surface area contributed by atoms with Crippen molar-refractivity contribution >= 4 is 28.3 Å². The number of likely N-dealkylation sites (N-methyl/N-ethyl adjacent to an activating group) is 1. The predicted octanol–water partition coefficient (Wildman–Crippen LogP) is 1.96. The molecule has 1 aliphatic rings. The summed E-state index contributed by atoms with van der Waals surface area (Å²) in [5.41, 5.74) is 0.870. The number of hydrogen-bond acceptors (Lipinski definition) is 6. The van der Waals surface area contributed by atoms with E-state index in [9.17, 15) is 14.4 Å². The molecular formula is C23H24N4O5. The Kier molecular flexibility index (Phi) is 6.07. The van der Waals surface area contributed by atoms with Gasteiger partial charge in [0.2, 0.25) is 11.8 Å². The molecular weight excluding hydrogens is 412 g/mol. The van der Waals surface area contributed by atoms with Crippen LogP contribution in [-0.2, 0) is 16.1 Å². The Balaban J connectivity index is 1.44. The average molecular weight is 436 g/mol. The molecule has 32 heavy (non-hydrogen) atoms. The van der Waals surface area contributed by atoms with Gasteiger partial charge in [0.1, 0.15) is 19.8 Å². The van der Waals surface area contributed by atoms with Gasteiger partial charge < -0.3 is 19.7 Å². The van der Waals surface area contributed by atoms with Gasteiger partial charge in [-0.15, -0.1) is 0 Å². The van der Waals surface area contributed by atoms with Gasteiger partial charge >= 0.3 is 0 Å². The Morgan fingerprint density at radius 2 is 1.81 bits per heavy atom. The van der Waals surface area contributed by atoms with Crippen molar-refractivity contribution in [3.05, 3.63) is 58.5 Å². The van der Waals surface area contributed by atoms with Crippen LogP contribution in [0.1, 0.15) is 12.6 Å². The largest absolute Gasteiger partial charge is 0.486 e. The lowest BCUT2D eigenvalue weighted by molar-refractivity contribution is -0.135. The minimum absolute atomic E-state index is 0.148. The summed E-state index contributed by atoms with van der Waals surface area (Å²) in [6.07, 6.45) is 0. The van der Waals surface area contributed by atoms with E-state index in [0.29, 0.717) is 48.0 Å². The molecule has 0 unspecified atom stereocenters. The number of nitrogens with one attached hydrogen (secondary N) is 1. The first kappa shape index (κ1) is 21.4. The Hall–Kier alpha value is -3.88. The molecule has 9 nitrogen and oxygen atoms in total. The van der Waals surface area contributed by atoms with Gasteiger partial charge in [-0.3, -0.25) is 14.4 Å². The Morgan fingerprint density at radius 3 is 2.56 bits per heavy atom. The summed E-state index contributed by atoms with van der Waals surface area (Å²) in [5.74, 6) is 0.471. The third-order valence-electron chi connectivity index (χ3n) is 5.23. The van der Waals surface area contributed by atoms with Gasteiger partial charge in [0.05, 0.1) is 17.6 Å². The number of aromatic nitrogens is 2. The maximum absolute atomic E-state index is 12.8. The number of carbonyl (C=O) groups excluding carboxylic acids is 2. The number of nitrogens with zero attached hydrogens (tertiary/aromatic N) is 3. The van der Waals surface area contributed by atoms with Crippen molar-refractivity contribution in [1.29, 1.82) is 0 Å². The maximum atomic E-state index is 12.8. The molecule has 2 aromatic carbocycles. The van der Waals surface area contributed by atoms with Crippen molar-refractivity contribution in [2.45, 2.75) is 20.4 Å². The lowest BCUT2D eigenvalue weighted by Gasteiger charge is -2.22. The van der Waals surface area contributed by atoms with Crippen molar-refractivity contribution in [3.63, 3.8) is 0 Å². The van der Waals surface area contributed by atoms with Gasteiger partial charge in [-0.25, -0.2) is 4.68 Å². The van der Waals surface area contributed by atoms with E-state index < -0.39 is 0 Å². The van der Waals surface area contributed by atoms with Crippen molar-refractivity contribution in [1.82, 2.24) is 14.7 Å². The molecule has 0 saturated heterocycles. The molecule has 2 heterocycles. The van der Waals surface area contributed by atoms with E-state index in [2.05, 4.69) is 10.4 Å². The molecule has 0 atom stereocenters. The lowest BCUT2D eigenvalue weighted by Crippen LogP contribution is -2.41. The molecule has 1 aromatic heterocycles. The fraction of sp³-hybridized carbons (Fsp3) is 0.304. The van der Waals surface area contributed by atoms with Crippen molar-refractivity contribution in [2.24, 2.45) is 0 Å². The van der Waals surface area contributed by atoms with Crippen LogP contribution in [0.5, 0.6) is 11.5 Å². The molecule has 0 radical (unpaired) electrons. The fourth-order valence-electron chi connectivity index (χ4n) is 3.61. The summed E-state index contributed by atoms with van der Waals surface area (Å²) in [4.78, 5) is 39.5. The van der Waals surface area contributed by atoms with Crippen LogP contribution in [0, 0.1) is 6.92 Å². The van der Waals surface area contributed by atoms with Crippen LogP contribution in [0.15, 0.2) is 47.3 Å². The molecule has 0 bridgehead atoms. The second-order valence-corrected chi connectivity index (χ2v) is 7.41. The fourth-order valence-corrected chi connectivity index (χ4v) is 3.61. The molecule has 4 rings (SSSR count). The van der Waals surface area contributed by atoms with E-state index in [0.717, 1.165) is 10.1 Å². The molecule has 0 saturated carbocycles. The second-order valence-electron chi connectivity index (χ2n) is 7.41. The van der Waals surface area contributed by atoms with Gasteiger partial charge in [0.15, 0.2) is 11.5 Å². The quantitative estimate of drug-likeness (QED) is 0.634. The highest BCUT2D eigenvalue weighted by Crippen LogP contribution is 2.32. The Morgan fingerprint density at radius 1 is 1.09 bits per heavy atom. The first-order chi connectivity index (χ1) is 15.5. The van der Waals surface area contributed by atoms with Crippen LogP contribution in [-0.4, -0.2) is 52.8 Å². The van der Waals surface area contributed by atoms with E-state index >= 15 is 0 Å². The van der Waals surface area contributed by atoms with Gasteiger partial charge in [0, 0.05) is 23.7 Å². The van der Waals surface area contributed by atoms with E-state index in [1.807, 2.05) is 12.1 Å². The van der Waals surface area contributed by atoms with Crippen LogP contribution in [0.2, 0.25) is 0 Å². The minimum atomic E-state index is -0.367. The molecule has 0 aliphatic carbocycles. The van der Waals surface area contributed by atoms with Crippen LogP contribution in [0.4, 0.5) is 5.69 Å². The molecule has 166 valence electrons. The first-order valence-electron chi connectivity index (χ1n) is 10.4. The van der Waals surface area contributed by atoms with Crippen molar-refractivity contribution in [2.75, 3.05) is 31.6 Å². The van der Waals surface area contributed by atoms with Gasteiger partial charge in [0.25, 0.3) is 5.56 Å². The van der Waals surface area contributed by atoms with E-state index in [4.69, 9.17) is 9.47 Å². The number of amides is 2. The molecule has 0 spiro atoms. The SMILES string of the molecule is CCN(CC(=O)Nc1ccc2c(c1)OCCO2)C(=O)Cn1nc(C)c2ccccc2c1=O. The van der Waals surface area contributed by atoms with Crippen LogP contribution in [0.3, 0.4) is 0 Å². The van der Waals surface area contributed by atoms with Crippen LogP contribution < -0.4 is 20.3 Å². The third kappa shape index (κ3) is 4.41. The topological polar surface area (TPSA) is 103 Å². The second kappa shape index (κ2) is 9.09. The highest BCUT2D eigenvalue weighted by Gasteiger charge is 2.19.